The third kappa shape index (κ3) is 6.11. The maximum Gasteiger partial charge on any atom is 0.264 e. The van der Waals surface area contributed by atoms with Gasteiger partial charge in [-0.2, -0.15) is 5.10 Å². The number of nitrogens with zero attached hydrogens (tertiary/aromatic N) is 2. The standard InChI is InChI=1S/C23H22BrN3O5S/c1-31-21-12-11-19(14-22(21)32-2)27(33(29,30)20-9-4-3-5-10-20)16-23(28)26-25-15-17-7-6-8-18(24)13-17/h3-15H,16H2,1-2H3,(H,26,28)/b25-15-. The number of hydrazone groups is 1. The van der Waals surface area contributed by atoms with E-state index in [1.54, 1.807) is 30.3 Å². The Morgan fingerprint density at radius 2 is 1.73 bits per heavy atom. The molecular formula is C23H22BrN3O5S. The quantitative estimate of drug-likeness (QED) is 0.334. The van der Waals surface area contributed by atoms with E-state index in [0.29, 0.717) is 11.5 Å². The van der Waals surface area contributed by atoms with Gasteiger partial charge in [-0.1, -0.05) is 46.3 Å². The topological polar surface area (TPSA) is 97.3 Å². The van der Waals surface area contributed by atoms with Gasteiger partial charge in [0.05, 0.1) is 31.0 Å². The molecule has 8 nitrogen and oxygen atoms in total. The normalized spacial score (nSPS) is 11.2. The molecule has 0 unspecified atom stereocenters. The second-order valence-electron chi connectivity index (χ2n) is 6.71. The summed E-state index contributed by atoms with van der Waals surface area (Å²) in [6.45, 7) is -0.497. The highest BCUT2D eigenvalue weighted by Crippen LogP contribution is 2.33. The Kier molecular flexibility index (Phi) is 8.07. The van der Waals surface area contributed by atoms with E-state index >= 15 is 0 Å². The highest BCUT2D eigenvalue weighted by Gasteiger charge is 2.28. The highest BCUT2D eigenvalue weighted by molar-refractivity contribution is 9.10. The number of carbonyl (C=O) groups is 1. The lowest BCUT2D eigenvalue weighted by Crippen LogP contribution is -2.39. The van der Waals surface area contributed by atoms with Crippen molar-refractivity contribution in [2.45, 2.75) is 4.90 Å². The molecular weight excluding hydrogens is 510 g/mol. The number of amides is 1. The van der Waals surface area contributed by atoms with Crippen LogP contribution in [0.2, 0.25) is 0 Å². The monoisotopic (exact) mass is 531 g/mol. The fraction of sp³-hybridized carbons (Fsp3) is 0.130. The Labute approximate surface area is 201 Å². The Morgan fingerprint density at radius 1 is 1.00 bits per heavy atom. The molecule has 0 saturated carbocycles. The lowest BCUT2D eigenvalue weighted by Gasteiger charge is -2.24. The molecule has 0 aromatic heterocycles. The van der Waals surface area contributed by atoms with Crippen LogP contribution in [0.5, 0.6) is 11.5 Å². The first-order chi connectivity index (χ1) is 15.8. The molecule has 0 fully saturated rings. The molecule has 0 aliphatic rings. The molecule has 0 bridgehead atoms. The van der Waals surface area contributed by atoms with E-state index in [0.717, 1.165) is 14.3 Å². The molecule has 33 heavy (non-hydrogen) atoms. The summed E-state index contributed by atoms with van der Waals surface area (Å²) in [6, 6.07) is 19.8. The Bertz CT molecular complexity index is 1250. The van der Waals surface area contributed by atoms with Crippen LogP contribution in [0.25, 0.3) is 0 Å². The van der Waals surface area contributed by atoms with Crippen molar-refractivity contribution in [2.75, 3.05) is 25.1 Å². The number of ether oxygens (including phenoxy) is 2. The summed E-state index contributed by atoms with van der Waals surface area (Å²) in [6.07, 6.45) is 1.47. The van der Waals surface area contributed by atoms with Crippen LogP contribution < -0.4 is 19.2 Å². The first-order valence-corrected chi connectivity index (χ1v) is 12.0. The maximum atomic E-state index is 13.4. The van der Waals surface area contributed by atoms with E-state index in [1.807, 2.05) is 24.3 Å². The van der Waals surface area contributed by atoms with E-state index in [1.165, 1.54) is 38.6 Å². The second kappa shape index (κ2) is 11.0. The zero-order valence-electron chi connectivity index (χ0n) is 17.9. The first-order valence-electron chi connectivity index (χ1n) is 9.72. The van der Waals surface area contributed by atoms with Crippen LogP contribution >= 0.6 is 15.9 Å². The molecule has 0 aliphatic carbocycles. The van der Waals surface area contributed by atoms with E-state index < -0.39 is 22.5 Å². The minimum atomic E-state index is -4.06. The summed E-state index contributed by atoms with van der Waals surface area (Å²) < 4.78 is 39.2. The molecule has 0 atom stereocenters. The van der Waals surface area contributed by atoms with Crippen LogP contribution in [0.1, 0.15) is 5.56 Å². The molecule has 0 radical (unpaired) electrons. The van der Waals surface area contributed by atoms with Crippen molar-refractivity contribution in [3.63, 3.8) is 0 Å². The van der Waals surface area contributed by atoms with Gasteiger partial charge >= 0.3 is 0 Å². The number of sulfonamides is 1. The first kappa shape index (κ1) is 24.3. The van der Waals surface area contributed by atoms with Crippen molar-refractivity contribution < 1.29 is 22.7 Å². The van der Waals surface area contributed by atoms with Crippen molar-refractivity contribution in [1.29, 1.82) is 0 Å². The van der Waals surface area contributed by atoms with Gasteiger partial charge in [-0.25, -0.2) is 13.8 Å². The number of benzene rings is 3. The summed E-state index contributed by atoms with van der Waals surface area (Å²) in [5, 5.41) is 3.93. The van der Waals surface area contributed by atoms with E-state index in [9.17, 15) is 13.2 Å². The molecule has 3 rings (SSSR count). The summed E-state index contributed by atoms with van der Waals surface area (Å²) in [5.74, 6) is 0.147. The summed E-state index contributed by atoms with van der Waals surface area (Å²) in [7, 11) is -1.13. The molecule has 3 aromatic rings. The summed E-state index contributed by atoms with van der Waals surface area (Å²) >= 11 is 3.37. The van der Waals surface area contributed by atoms with Crippen LogP contribution in [0.15, 0.2) is 87.3 Å². The lowest BCUT2D eigenvalue weighted by atomic mass is 10.2. The molecule has 10 heteroatoms. The summed E-state index contributed by atoms with van der Waals surface area (Å²) in [5.41, 5.74) is 3.38. The number of nitrogens with one attached hydrogen (secondary N) is 1. The van der Waals surface area contributed by atoms with Crippen molar-refractivity contribution in [2.24, 2.45) is 5.10 Å². The number of hydrogen-bond acceptors (Lipinski definition) is 6. The smallest absolute Gasteiger partial charge is 0.264 e. The Morgan fingerprint density at radius 3 is 2.39 bits per heavy atom. The number of rotatable bonds is 9. The van der Waals surface area contributed by atoms with Crippen LogP contribution in [-0.4, -0.2) is 41.3 Å². The number of methoxy groups -OCH3 is 2. The van der Waals surface area contributed by atoms with Crippen LogP contribution in [0.3, 0.4) is 0 Å². The van der Waals surface area contributed by atoms with Gasteiger partial charge in [0.2, 0.25) is 0 Å². The average Bonchev–Trinajstić information content (AvgIpc) is 2.82. The molecule has 0 spiro atoms. The zero-order chi connectivity index (χ0) is 23.8. The third-order valence-electron chi connectivity index (χ3n) is 4.53. The van der Waals surface area contributed by atoms with Crippen LogP contribution in [0.4, 0.5) is 5.69 Å². The van der Waals surface area contributed by atoms with E-state index in [2.05, 4.69) is 26.5 Å². The fourth-order valence-corrected chi connectivity index (χ4v) is 4.80. The lowest BCUT2D eigenvalue weighted by molar-refractivity contribution is -0.119. The predicted octanol–water partition coefficient (Wildman–Crippen LogP) is 3.81. The van der Waals surface area contributed by atoms with E-state index in [-0.39, 0.29) is 10.6 Å². The van der Waals surface area contributed by atoms with Gasteiger partial charge in [-0.05, 0) is 42.0 Å². The van der Waals surface area contributed by atoms with E-state index in [4.69, 9.17) is 9.47 Å². The average molecular weight is 532 g/mol. The molecule has 1 N–H and O–H groups in total. The van der Waals surface area contributed by atoms with Crippen molar-refractivity contribution in [3.8, 4) is 11.5 Å². The Hall–Kier alpha value is -3.37. The minimum absolute atomic E-state index is 0.0465. The predicted molar refractivity (Wildman–Crippen MR) is 130 cm³/mol. The minimum Gasteiger partial charge on any atom is -0.493 e. The van der Waals surface area contributed by atoms with Crippen LogP contribution in [-0.2, 0) is 14.8 Å². The van der Waals surface area contributed by atoms with Gasteiger partial charge in [0.25, 0.3) is 15.9 Å². The van der Waals surface area contributed by atoms with Crippen molar-refractivity contribution in [1.82, 2.24) is 5.43 Å². The van der Waals surface area contributed by atoms with Crippen LogP contribution in [0, 0.1) is 0 Å². The molecule has 0 heterocycles. The fourth-order valence-electron chi connectivity index (χ4n) is 2.95. The second-order valence-corrected chi connectivity index (χ2v) is 9.49. The van der Waals surface area contributed by atoms with Gasteiger partial charge in [0.1, 0.15) is 6.54 Å². The van der Waals surface area contributed by atoms with Gasteiger partial charge in [0, 0.05) is 10.5 Å². The number of carbonyl (C=O) groups excluding carboxylic acids is 1. The largest absolute Gasteiger partial charge is 0.493 e. The molecule has 172 valence electrons. The van der Waals surface area contributed by atoms with Crippen molar-refractivity contribution in [3.05, 3.63) is 82.8 Å². The third-order valence-corrected chi connectivity index (χ3v) is 6.81. The molecule has 3 aromatic carbocycles. The van der Waals surface area contributed by atoms with Gasteiger partial charge in [0.15, 0.2) is 11.5 Å². The number of hydrogen-bond donors (Lipinski definition) is 1. The van der Waals surface area contributed by atoms with Gasteiger partial charge in [-0.15, -0.1) is 0 Å². The SMILES string of the molecule is COc1ccc(N(CC(=O)N/N=C\c2cccc(Br)c2)S(=O)(=O)c2ccccc2)cc1OC. The number of halogens is 1. The molecule has 1 amide bonds. The zero-order valence-corrected chi connectivity index (χ0v) is 20.3. The van der Waals surface area contributed by atoms with Crippen molar-refractivity contribution >= 4 is 43.8 Å². The maximum absolute atomic E-state index is 13.4. The number of anilines is 1. The summed E-state index contributed by atoms with van der Waals surface area (Å²) in [4.78, 5) is 12.7. The molecule has 0 saturated heterocycles. The highest BCUT2D eigenvalue weighted by atomic mass is 79.9. The molecule has 0 aliphatic heterocycles. The van der Waals surface area contributed by atoms with Gasteiger partial charge < -0.3 is 9.47 Å². The Balaban J connectivity index is 1.90. The van der Waals surface area contributed by atoms with Gasteiger partial charge in [-0.3, -0.25) is 9.10 Å².